The Morgan fingerprint density at radius 1 is 1.23 bits per heavy atom. The zero-order valence-corrected chi connectivity index (χ0v) is 17.1. The van der Waals surface area contributed by atoms with Crippen LogP contribution in [0.3, 0.4) is 0 Å². The number of nitrogens with one attached hydrogen (secondary N) is 1. The van der Waals surface area contributed by atoms with E-state index in [4.69, 9.17) is 0 Å². The first kappa shape index (κ1) is 20.7. The van der Waals surface area contributed by atoms with E-state index in [0.717, 1.165) is 4.68 Å². The number of amides is 1. The Hall–Kier alpha value is -2.58. The first-order chi connectivity index (χ1) is 14.2. The van der Waals surface area contributed by atoms with Gasteiger partial charge >= 0.3 is 6.18 Å². The smallest absolute Gasteiger partial charge is 0.367 e. The summed E-state index contributed by atoms with van der Waals surface area (Å²) in [6.45, 7) is 4.92. The second-order valence-corrected chi connectivity index (χ2v) is 8.47. The van der Waals surface area contributed by atoms with E-state index in [1.54, 1.807) is 35.4 Å². The summed E-state index contributed by atoms with van der Waals surface area (Å²) in [4.78, 5) is 18.4. The lowest BCUT2D eigenvalue weighted by atomic mass is 9.93. The predicted molar refractivity (Wildman–Crippen MR) is 106 cm³/mol. The van der Waals surface area contributed by atoms with E-state index >= 15 is 0 Å². The molecule has 0 saturated carbocycles. The normalized spacial score (nSPS) is 22.7. The van der Waals surface area contributed by atoms with Gasteiger partial charge in [-0.1, -0.05) is 19.9 Å². The van der Waals surface area contributed by atoms with Gasteiger partial charge in [0.2, 0.25) is 0 Å². The molecule has 162 valence electrons. The lowest BCUT2D eigenvalue weighted by Gasteiger charge is -2.35. The summed E-state index contributed by atoms with van der Waals surface area (Å²) in [5.41, 5.74) is 1.08. The van der Waals surface area contributed by atoms with Gasteiger partial charge in [-0.2, -0.15) is 18.3 Å². The highest BCUT2D eigenvalue weighted by Crippen LogP contribution is 2.42. The molecule has 2 aliphatic rings. The van der Waals surface area contributed by atoms with E-state index < -0.39 is 12.2 Å². The summed E-state index contributed by atoms with van der Waals surface area (Å²) in [5, 5.41) is 7.60. The fraction of sp³-hybridized carbons (Fsp3) is 0.571. The van der Waals surface area contributed by atoms with Gasteiger partial charge in [-0.05, 0) is 37.3 Å². The molecule has 0 unspecified atom stereocenters. The first-order valence-electron chi connectivity index (χ1n) is 10.4. The molecule has 1 amide bonds. The van der Waals surface area contributed by atoms with Crippen LogP contribution >= 0.6 is 0 Å². The minimum absolute atomic E-state index is 0.0215. The number of aromatic nitrogens is 3. The molecule has 2 atom stereocenters. The van der Waals surface area contributed by atoms with E-state index in [0.29, 0.717) is 43.1 Å². The molecule has 4 rings (SSSR count). The van der Waals surface area contributed by atoms with Crippen molar-refractivity contribution in [1.82, 2.24) is 19.7 Å². The number of likely N-dealkylation sites (tertiary alicyclic amines) is 1. The molecule has 1 N–H and O–H groups in total. The van der Waals surface area contributed by atoms with E-state index in [1.165, 1.54) is 0 Å². The number of alkyl halides is 3. The van der Waals surface area contributed by atoms with Gasteiger partial charge in [-0.15, -0.1) is 0 Å². The quantitative estimate of drug-likeness (QED) is 0.805. The molecule has 0 radical (unpaired) electrons. The highest BCUT2D eigenvalue weighted by molar-refractivity contribution is 5.92. The largest absolute Gasteiger partial charge is 0.410 e. The third-order valence-electron chi connectivity index (χ3n) is 6.13. The van der Waals surface area contributed by atoms with Crippen molar-refractivity contribution in [1.29, 1.82) is 0 Å². The van der Waals surface area contributed by atoms with Crippen molar-refractivity contribution in [2.24, 2.45) is 5.92 Å². The Morgan fingerprint density at radius 2 is 1.97 bits per heavy atom. The van der Waals surface area contributed by atoms with Crippen LogP contribution < -0.4 is 5.32 Å². The third kappa shape index (κ3) is 4.02. The molecule has 0 aliphatic carbocycles. The fourth-order valence-electron chi connectivity index (χ4n) is 4.29. The molecule has 1 fully saturated rings. The number of halogens is 3. The standard InChI is InChI=1S/C21H26F3N5O/c1-13(2)16-11-18(21(22,23)24)29-19(26-16)12-17(27-29)14-6-9-28(10-7-14)20(30)15-5-3-4-8-25-15/h3-5,8,12-14,16,18,26H,6-7,9-11H2,1-2H3/t16-,18+/m0/s1. The number of rotatable bonds is 3. The van der Waals surface area contributed by atoms with Crippen LogP contribution in [0.15, 0.2) is 30.5 Å². The topological polar surface area (TPSA) is 63.1 Å². The zero-order valence-electron chi connectivity index (χ0n) is 17.1. The number of piperidine rings is 1. The van der Waals surface area contributed by atoms with E-state index in [2.05, 4.69) is 15.4 Å². The van der Waals surface area contributed by atoms with Crippen molar-refractivity contribution in [2.45, 2.75) is 57.3 Å². The van der Waals surface area contributed by atoms with Crippen LogP contribution in [0.25, 0.3) is 0 Å². The SMILES string of the molecule is CC(C)[C@@H]1C[C@H](C(F)(F)F)n2nc(C3CCN(C(=O)c4ccccn4)CC3)cc2N1. The summed E-state index contributed by atoms with van der Waals surface area (Å²) in [6, 6.07) is 5.12. The molecular formula is C21H26F3N5O. The van der Waals surface area contributed by atoms with Crippen LogP contribution in [0.4, 0.5) is 19.0 Å². The van der Waals surface area contributed by atoms with Gasteiger partial charge in [-0.3, -0.25) is 9.78 Å². The molecule has 2 aromatic heterocycles. The van der Waals surface area contributed by atoms with Crippen molar-refractivity contribution in [3.05, 3.63) is 41.9 Å². The van der Waals surface area contributed by atoms with E-state index in [-0.39, 0.29) is 30.2 Å². The van der Waals surface area contributed by atoms with E-state index in [9.17, 15) is 18.0 Å². The van der Waals surface area contributed by atoms with Gasteiger partial charge in [0, 0.05) is 37.3 Å². The van der Waals surface area contributed by atoms with Crippen molar-refractivity contribution in [2.75, 3.05) is 18.4 Å². The lowest BCUT2D eigenvalue weighted by Crippen LogP contribution is -2.41. The van der Waals surface area contributed by atoms with Crippen LogP contribution in [0.1, 0.15) is 61.3 Å². The molecule has 30 heavy (non-hydrogen) atoms. The summed E-state index contributed by atoms with van der Waals surface area (Å²) < 4.78 is 42.1. The molecular weight excluding hydrogens is 395 g/mol. The number of carbonyl (C=O) groups is 1. The number of hydrogen-bond acceptors (Lipinski definition) is 4. The van der Waals surface area contributed by atoms with Gasteiger partial charge < -0.3 is 10.2 Å². The van der Waals surface area contributed by atoms with Crippen molar-refractivity contribution in [3.8, 4) is 0 Å². The average Bonchev–Trinajstić information content (AvgIpc) is 3.16. The number of hydrogen-bond donors (Lipinski definition) is 1. The number of fused-ring (bicyclic) bond motifs is 1. The molecule has 0 aromatic carbocycles. The van der Waals surface area contributed by atoms with Crippen LogP contribution in [0.5, 0.6) is 0 Å². The monoisotopic (exact) mass is 421 g/mol. The Kier molecular flexibility index (Phi) is 5.46. The Morgan fingerprint density at radius 3 is 2.57 bits per heavy atom. The molecule has 0 spiro atoms. The summed E-state index contributed by atoms with van der Waals surface area (Å²) in [7, 11) is 0. The maximum Gasteiger partial charge on any atom is 0.410 e. The average molecular weight is 421 g/mol. The van der Waals surface area contributed by atoms with E-state index in [1.807, 2.05) is 13.8 Å². The number of pyridine rings is 1. The number of nitrogens with zero attached hydrogens (tertiary/aromatic N) is 4. The highest BCUT2D eigenvalue weighted by Gasteiger charge is 2.47. The molecule has 0 bridgehead atoms. The zero-order chi connectivity index (χ0) is 21.5. The molecule has 1 saturated heterocycles. The van der Waals surface area contributed by atoms with Crippen LogP contribution in [0.2, 0.25) is 0 Å². The number of carbonyl (C=O) groups excluding carboxylic acids is 1. The van der Waals surface area contributed by atoms with Gasteiger partial charge in [-0.25, -0.2) is 4.68 Å². The highest BCUT2D eigenvalue weighted by atomic mass is 19.4. The van der Waals surface area contributed by atoms with Gasteiger partial charge in [0.05, 0.1) is 5.69 Å². The minimum Gasteiger partial charge on any atom is -0.367 e. The molecule has 4 heterocycles. The van der Waals surface area contributed by atoms with Gasteiger partial charge in [0.25, 0.3) is 5.91 Å². The third-order valence-corrected chi connectivity index (χ3v) is 6.13. The second-order valence-electron chi connectivity index (χ2n) is 8.47. The maximum absolute atomic E-state index is 13.7. The molecule has 6 nitrogen and oxygen atoms in total. The maximum atomic E-state index is 13.7. The predicted octanol–water partition coefficient (Wildman–Crippen LogP) is 4.24. The van der Waals surface area contributed by atoms with Crippen LogP contribution in [0, 0.1) is 5.92 Å². The minimum atomic E-state index is -4.34. The van der Waals surface area contributed by atoms with Gasteiger partial charge in [0.1, 0.15) is 11.5 Å². The van der Waals surface area contributed by atoms with Crippen molar-refractivity contribution in [3.63, 3.8) is 0 Å². The van der Waals surface area contributed by atoms with Crippen LogP contribution in [-0.2, 0) is 0 Å². The van der Waals surface area contributed by atoms with Crippen molar-refractivity contribution < 1.29 is 18.0 Å². The lowest BCUT2D eigenvalue weighted by molar-refractivity contribution is -0.174. The molecule has 9 heteroatoms. The van der Waals surface area contributed by atoms with Gasteiger partial charge in [0.15, 0.2) is 6.04 Å². The molecule has 2 aromatic rings. The van der Waals surface area contributed by atoms with Crippen LogP contribution in [-0.4, -0.2) is 50.9 Å². The summed E-state index contributed by atoms with van der Waals surface area (Å²) in [6.07, 6.45) is -1.44. The first-order valence-corrected chi connectivity index (χ1v) is 10.4. The molecule has 2 aliphatic heterocycles. The summed E-state index contributed by atoms with van der Waals surface area (Å²) in [5.74, 6) is 0.438. The van der Waals surface area contributed by atoms with Crippen molar-refractivity contribution >= 4 is 11.7 Å². The Balaban J connectivity index is 1.48. The fourth-order valence-corrected chi connectivity index (χ4v) is 4.29. The second kappa shape index (κ2) is 7.92. The Bertz CT molecular complexity index is 888. The summed E-state index contributed by atoms with van der Waals surface area (Å²) >= 11 is 0. The Labute approximate surface area is 173 Å². The number of anilines is 1.